The summed E-state index contributed by atoms with van der Waals surface area (Å²) in [5, 5.41) is 17.7. The Labute approximate surface area is 98.2 Å². The highest BCUT2D eigenvalue weighted by molar-refractivity contribution is 6.17. The molecule has 0 aromatic carbocycles. The van der Waals surface area contributed by atoms with Crippen LogP contribution in [0.25, 0.3) is 0 Å². The molecule has 1 atom stereocenters. The second-order valence-corrected chi connectivity index (χ2v) is 3.92. The Morgan fingerprint density at radius 3 is 1.71 bits per heavy atom. The van der Waals surface area contributed by atoms with Crippen molar-refractivity contribution < 1.29 is 36.6 Å². The largest absolute Gasteiger partial charge is 0.426 e. The third-order valence-electron chi connectivity index (χ3n) is 2.14. The zero-order valence-electron chi connectivity index (χ0n) is 8.45. The molecule has 0 heterocycles. The van der Waals surface area contributed by atoms with E-state index in [1.165, 1.54) is 0 Å². The highest BCUT2D eigenvalue weighted by Gasteiger charge is 2.70. The van der Waals surface area contributed by atoms with Gasteiger partial charge in [0.15, 0.2) is 0 Å². The molecule has 0 aromatic rings. The lowest BCUT2D eigenvalue weighted by atomic mass is 9.93. The fraction of sp³-hybridized carbons (Fsp3) is 1.00. The summed E-state index contributed by atoms with van der Waals surface area (Å²) in [6.45, 7) is 0. The van der Waals surface area contributed by atoms with Gasteiger partial charge < -0.3 is 10.2 Å². The molecule has 0 bridgehead atoms. The van der Waals surface area contributed by atoms with E-state index in [-0.39, 0.29) is 18.7 Å². The van der Waals surface area contributed by atoms with E-state index >= 15 is 0 Å². The van der Waals surface area contributed by atoms with E-state index in [0.29, 0.717) is 0 Å². The first-order chi connectivity index (χ1) is 7.45. The van der Waals surface area contributed by atoms with Crippen molar-refractivity contribution >= 4 is 11.6 Å². The Morgan fingerprint density at radius 2 is 1.41 bits per heavy atom. The molecule has 0 aliphatic carbocycles. The first kappa shape index (κ1) is 16.8. The van der Waals surface area contributed by atoms with Crippen molar-refractivity contribution in [2.75, 3.05) is 5.88 Å². The molecule has 0 amide bonds. The molecule has 104 valence electrons. The SMILES string of the molecule is OC(CCCCl)CC(O)(C(F)(F)F)C(F)(F)F. The van der Waals surface area contributed by atoms with Gasteiger partial charge in [-0.05, 0) is 12.8 Å². The highest BCUT2D eigenvalue weighted by atomic mass is 35.5. The summed E-state index contributed by atoms with van der Waals surface area (Å²) in [6, 6.07) is 0. The lowest BCUT2D eigenvalue weighted by Gasteiger charge is -2.33. The van der Waals surface area contributed by atoms with Crippen LogP contribution in [0.15, 0.2) is 0 Å². The summed E-state index contributed by atoms with van der Waals surface area (Å²) >= 11 is 5.18. The number of aliphatic hydroxyl groups is 2. The van der Waals surface area contributed by atoms with Crippen LogP contribution in [0.2, 0.25) is 0 Å². The maximum Gasteiger partial charge on any atom is 0.426 e. The number of aliphatic hydroxyl groups excluding tert-OH is 1. The van der Waals surface area contributed by atoms with Crippen LogP contribution in [-0.4, -0.2) is 40.2 Å². The van der Waals surface area contributed by atoms with Gasteiger partial charge in [0.05, 0.1) is 6.10 Å². The van der Waals surface area contributed by atoms with Gasteiger partial charge in [-0.3, -0.25) is 0 Å². The molecule has 0 spiro atoms. The van der Waals surface area contributed by atoms with Gasteiger partial charge in [-0.15, -0.1) is 11.6 Å². The number of hydrogen-bond acceptors (Lipinski definition) is 2. The van der Waals surface area contributed by atoms with Gasteiger partial charge in [0.1, 0.15) is 0 Å². The third kappa shape index (κ3) is 4.18. The quantitative estimate of drug-likeness (QED) is 0.603. The zero-order valence-corrected chi connectivity index (χ0v) is 9.20. The average Bonchev–Trinajstić information content (AvgIpc) is 2.10. The Morgan fingerprint density at radius 1 is 1.00 bits per heavy atom. The van der Waals surface area contributed by atoms with Crippen LogP contribution in [0.5, 0.6) is 0 Å². The van der Waals surface area contributed by atoms with Crippen LogP contribution < -0.4 is 0 Å². The molecule has 0 radical (unpaired) electrons. The minimum absolute atomic E-state index is 0.00642. The molecular formula is C8H11ClF6O2. The van der Waals surface area contributed by atoms with Crippen molar-refractivity contribution in [3.63, 3.8) is 0 Å². The molecule has 1 unspecified atom stereocenters. The van der Waals surface area contributed by atoms with E-state index in [2.05, 4.69) is 0 Å². The Kier molecular flexibility index (Phi) is 5.55. The molecule has 0 aromatic heterocycles. The summed E-state index contributed by atoms with van der Waals surface area (Å²) in [4.78, 5) is 0. The van der Waals surface area contributed by atoms with E-state index in [1.54, 1.807) is 0 Å². The fourth-order valence-electron chi connectivity index (χ4n) is 1.15. The standard InChI is InChI=1S/C8H11ClF6O2/c9-3-1-2-5(16)4-6(17,7(10,11)12)8(13,14)15/h5,16-17H,1-4H2. The number of alkyl halides is 7. The van der Waals surface area contributed by atoms with Crippen molar-refractivity contribution in [3.8, 4) is 0 Å². The monoisotopic (exact) mass is 288 g/mol. The predicted molar refractivity (Wildman–Crippen MR) is 47.6 cm³/mol. The Hall–Kier alpha value is -0.210. The predicted octanol–water partition coefficient (Wildman–Crippen LogP) is 2.61. The van der Waals surface area contributed by atoms with Crippen LogP contribution in [-0.2, 0) is 0 Å². The van der Waals surface area contributed by atoms with E-state index in [0.717, 1.165) is 0 Å². The van der Waals surface area contributed by atoms with E-state index in [4.69, 9.17) is 21.8 Å². The van der Waals surface area contributed by atoms with Gasteiger partial charge in [-0.1, -0.05) is 0 Å². The topological polar surface area (TPSA) is 40.5 Å². The van der Waals surface area contributed by atoms with Gasteiger partial charge in [0.25, 0.3) is 5.60 Å². The molecule has 2 nitrogen and oxygen atoms in total. The van der Waals surface area contributed by atoms with Crippen LogP contribution >= 0.6 is 11.6 Å². The number of halogens is 7. The van der Waals surface area contributed by atoms with Crippen molar-refractivity contribution in [2.45, 2.75) is 43.3 Å². The van der Waals surface area contributed by atoms with Crippen LogP contribution in [0.3, 0.4) is 0 Å². The van der Waals surface area contributed by atoms with Crippen molar-refractivity contribution in [3.05, 3.63) is 0 Å². The molecule has 17 heavy (non-hydrogen) atoms. The molecule has 0 saturated carbocycles. The molecule has 0 aliphatic heterocycles. The summed E-state index contributed by atoms with van der Waals surface area (Å²) in [5.74, 6) is -0.00642. The minimum Gasteiger partial charge on any atom is -0.393 e. The Balaban J connectivity index is 4.86. The maximum atomic E-state index is 12.2. The normalized spacial score (nSPS) is 16.1. The van der Waals surface area contributed by atoms with E-state index in [9.17, 15) is 26.3 Å². The first-order valence-corrected chi connectivity index (χ1v) is 5.09. The highest BCUT2D eigenvalue weighted by Crippen LogP contribution is 2.46. The van der Waals surface area contributed by atoms with E-state index in [1.807, 2.05) is 0 Å². The zero-order chi connectivity index (χ0) is 13.9. The third-order valence-corrected chi connectivity index (χ3v) is 2.41. The van der Waals surface area contributed by atoms with Crippen LogP contribution in [0, 0.1) is 0 Å². The van der Waals surface area contributed by atoms with Gasteiger partial charge in [0, 0.05) is 12.3 Å². The van der Waals surface area contributed by atoms with Crippen molar-refractivity contribution in [2.24, 2.45) is 0 Å². The van der Waals surface area contributed by atoms with Gasteiger partial charge >= 0.3 is 12.4 Å². The molecular weight excluding hydrogens is 278 g/mol. The summed E-state index contributed by atoms with van der Waals surface area (Å²) in [6.07, 6.45) is -15.9. The van der Waals surface area contributed by atoms with Gasteiger partial charge in [-0.25, -0.2) is 0 Å². The second-order valence-electron chi connectivity index (χ2n) is 3.54. The van der Waals surface area contributed by atoms with E-state index < -0.39 is 30.5 Å². The molecule has 2 N–H and O–H groups in total. The summed E-state index contributed by atoms with van der Waals surface area (Å²) in [5.41, 5.74) is -4.90. The van der Waals surface area contributed by atoms with Crippen LogP contribution in [0.4, 0.5) is 26.3 Å². The smallest absolute Gasteiger partial charge is 0.393 e. The first-order valence-electron chi connectivity index (χ1n) is 4.55. The lowest BCUT2D eigenvalue weighted by molar-refractivity contribution is -0.374. The molecule has 0 rings (SSSR count). The Bertz CT molecular complexity index is 225. The number of hydrogen-bond donors (Lipinski definition) is 2. The molecule has 0 saturated heterocycles. The maximum absolute atomic E-state index is 12.2. The van der Waals surface area contributed by atoms with Crippen LogP contribution in [0.1, 0.15) is 19.3 Å². The summed E-state index contributed by atoms with van der Waals surface area (Å²) in [7, 11) is 0. The van der Waals surface area contributed by atoms with Crippen molar-refractivity contribution in [1.82, 2.24) is 0 Å². The average molecular weight is 289 g/mol. The van der Waals surface area contributed by atoms with Gasteiger partial charge in [-0.2, -0.15) is 26.3 Å². The minimum atomic E-state index is -5.90. The molecule has 0 fully saturated rings. The second kappa shape index (κ2) is 5.62. The van der Waals surface area contributed by atoms with Gasteiger partial charge in [0.2, 0.25) is 0 Å². The fourth-order valence-corrected chi connectivity index (χ4v) is 1.30. The molecule has 9 heteroatoms. The summed E-state index contributed by atoms with van der Waals surface area (Å²) < 4.78 is 73.1. The lowest BCUT2D eigenvalue weighted by Crippen LogP contribution is -2.58. The molecule has 0 aliphatic rings. The van der Waals surface area contributed by atoms with Crippen molar-refractivity contribution in [1.29, 1.82) is 0 Å². The number of rotatable bonds is 5.